The number of aryl methyl sites for hydroxylation is 1. The Balaban J connectivity index is 2.31. The Morgan fingerprint density at radius 1 is 1.69 bits per heavy atom. The first-order chi connectivity index (χ1) is 7.72. The molecule has 2 rings (SSSR count). The van der Waals surface area contributed by atoms with Gasteiger partial charge in [-0.25, -0.2) is 0 Å². The largest absolute Gasteiger partial charge is 0.349 e. The van der Waals surface area contributed by atoms with E-state index in [9.17, 15) is 4.79 Å². The molecule has 4 heteroatoms. The second-order valence-electron chi connectivity index (χ2n) is 3.56. The monoisotopic (exact) mass is 215 g/mol. The Bertz CT molecular complexity index is 542. The van der Waals surface area contributed by atoms with Gasteiger partial charge in [0.05, 0.1) is 11.0 Å². The average Bonchev–Trinajstić information content (AvgIpc) is 2.64. The van der Waals surface area contributed by atoms with Crippen molar-refractivity contribution in [2.24, 2.45) is 7.05 Å². The van der Waals surface area contributed by atoms with Crippen molar-refractivity contribution in [1.82, 2.24) is 14.9 Å². The predicted molar refractivity (Wildman–Crippen MR) is 62.8 cm³/mol. The number of hydrogen-bond donors (Lipinski definition) is 1. The molecule has 0 spiro atoms. The number of amides is 1. The van der Waals surface area contributed by atoms with E-state index < -0.39 is 0 Å². The molecule has 0 aromatic carbocycles. The normalized spacial score (nSPS) is 10.3. The Labute approximate surface area is 93.6 Å². The third kappa shape index (κ3) is 1.82. The summed E-state index contributed by atoms with van der Waals surface area (Å²) in [5, 5.41) is 2.74. The lowest BCUT2D eigenvalue weighted by atomic mass is 10.2. The molecule has 0 aliphatic heterocycles. The van der Waals surface area contributed by atoms with Crippen molar-refractivity contribution < 1.29 is 4.79 Å². The number of pyridine rings is 1. The first kappa shape index (κ1) is 10.4. The molecular weight excluding hydrogens is 202 g/mol. The molecule has 82 valence electrons. The number of rotatable bonds is 3. The van der Waals surface area contributed by atoms with Crippen LogP contribution in [-0.4, -0.2) is 15.5 Å². The van der Waals surface area contributed by atoms with Gasteiger partial charge >= 0.3 is 0 Å². The summed E-state index contributed by atoms with van der Waals surface area (Å²) < 4.78 is 2.00. The van der Waals surface area contributed by atoms with Gasteiger partial charge in [0.15, 0.2) is 0 Å². The van der Waals surface area contributed by atoms with Crippen LogP contribution in [0.1, 0.15) is 5.56 Å². The highest BCUT2D eigenvalue weighted by molar-refractivity contribution is 5.87. The Hall–Kier alpha value is -2.10. The van der Waals surface area contributed by atoms with E-state index in [0.29, 0.717) is 6.54 Å². The van der Waals surface area contributed by atoms with Gasteiger partial charge in [-0.05, 0) is 18.2 Å². The highest BCUT2D eigenvalue weighted by Gasteiger charge is 2.07. The molecule has 0 unspecified atom stereocenters. The van der Waals surface area contributed by atoms with Crippen molar-refractivity contribution in [2.75, 3.05) is 0 Å². The molecule has 0 bridgehead atoms. The van der Waals surface area contributed by atoms with Crippen molar-refractivity contribution >= 4 is 16.9 Å². The van der Waals surface area contributed by atoms with Gasteiger partial charge in [0.2, 0.25) is 5.91 Å². The fraction of sp³-hybridized carbons (Fsp3) is 0.167. The molecule has 2 aromatic heterocycles. The van der Waals surface area contributed by atoms with Crippen molar-refractivity contribution in [3.05, 3.63) is 42.7 Å². The molecule has 0 radical (unpaired) electrons. The lowest BCUT2D eigenvalue weighted by Gasteiger charge is -1.99. The van der Waals surface area contributed by atoms with Crippen molar-refractivity contribution in [3.63, 3.8) is 0 Å². The van der Waals surface area contributed by atoms with Gasteiger partial charge in [0.1, 0.15) is 0 Å². The van der Waals surface area contributed by atoms with Gasteiger partial charge in [-0.2, -0.15) is 0 Å². The first-order valence-corrected chi connectivity index (χ1v) is 5.01. The van der Waals surface area contributed by atoms with Crippen LogP contribution in [0.2, 0.25) is 0 Å². The zero-order valence-corrected chi connectivity index (χ0v) is 9.10. The molecule has 0 fully saturated rings. The van der Waals surface area contributed by atoms with Crippen LogP contribution in [0.3, 0.4) is 0 Å². The van der Waals surface area contributed by atoms with Gasteiger partial charge in [-0.3, -0.25) is 9.78 Å². The third-order valence-corrected chi connectivity index (χ3v) is 2.46. The minimum atomic E-state index is -0.173. The van der Waals surface area contributed by atoms with Crippen LogP contribution in [-0.2, 0) is 18.4 Å². The maximum Gasteiger partial charge on any atom is 0.243 e. The van der Waals surface area contributed by atoms with E-state index >= 15 is 0 Å². The summed E-state index contributed by atoms with van der Waals surface area (Å²) in [6.45, 7) is 3.88. The van der Waals surface area contributed by atoms with Crippen molar-refractivity contribution in [3.8, 4) is 0 Å². The quantitative estimate of drug-likeness (QED) is 0.786. The van der Waals surface area contributed by atoms with Gasteiger partial charge in [0, 0.05) is 31.5 Å². The van der Waals surface area contributed by atoms with Gasteiger partial charge in [0.25, 0.3) is 0 Å². The highest BCUT2D eigenvalue weighted by atomic mass is 16.1. The lowest BCUT2D eigenvalue weighted by molar-refractivity contribution is -0.116. The van der Waals surface area contributed by atoms with Crippen LogP contribution in [0.4, 0.5) is 0 Å². The molecule has 0 aliphatic carbocycles. The number of carbonyl (C=O) groups excluding carboxylic acids is 1. The zero-order chi connectivity index (χ0) is 11.5. The van der Waals surface area contributed by atoms with Gasteiger partial charge in [-0.15, -0.1) is 0 Å². The molecule has 16 heavy (non-hydrogen) atoms. The summed E-state index contributed by atoms with van der Waals surface area (Å²) in [5.41, 5.74) is 2.99. The van der Waals surface area contributed by atoms with E-state index in [1.165, 1.54) is 6.08 Å². The molecular formula is C12H13N3O. The van der Waals surface area contributed by atoms with E-state index in [-0.39, 0.29) is 5.91 Å². The summed E-state index contributed by atoms with van der Waals surface area (Å²) in [6.07, 6.45) is 4.99. The van der Waals surface area contributed by atoms with E-state index in [1.807, 2.05) is 29.9 Å². The van der Waals surface area contributed by atoms with Crippen LogP contribution < -0.4 is 5.32 Å². The van der Waals surface area contributed by atoms with E-state index in [1.54, 1.807) is 6.20 Å². The third-order valence-electron chi connectivity index (χ3n) is 2.46. The number of aromatic nitrogens is 2. The minimum absolute atomic E-state index is 0.173. The summed E-state index contributed by atoms with van der Waals surface area (Å²) in [6, 6.07) is 3.90. The fourth-order valence-corrected chi connectivity index (χ4v) is 1.68. The number of carbonyl (C=O) groups is 1. The fourth-order valence-electron chi connectivity index (χ4n) is 1.68. The van der Waals surface area contributed by atoms with Crippen molar-refractivity contribution in [1.29, 1.82) is 0 Å². The Kier molecular flexibility index (Phi) is 2.72. The Morgan fingerprint density at radius 3 is 3.25 bits per heavy atom. The summed E-state index contributed by atoms with van der Waals surface area (Å²) in [5.74, 6) is -0.173. The maximum atomic E-state index is 11.1. The number of nitrogens with zero attached hydrogens (tertiary/aromatic N) is 2. The maximum absolute atomic E-state index is 11.1. The van der Waals surface area contributed by atoms with Crippen LogP contribution >= 0.6 is 0 Å². The summed E-state index contributed by atoms with van der Waals surface area (Å²) >= 11 is 0. The second-order valence-corrected chi connectivity index (χ2v) is 3.56. The number of nitrogens with one attached hydrogen (secondary N) is 1. The molecule has 0 saturated carbocycles. The molecule has 4 nitrogen and oxygen atoms in total. The molecule has 0 atom stereocenters. The SMILES string of the molecule is C=CC(=O)NCc1cn(C)c2cccnc12. The van der Waals surface area contributed by atoms with Gasteiger partial charge < -0.3 is 9.88 Å². The summed E-state index contributed by atoms with van der Waals surface area (Å²) in [4.78, 5) is 15.4. The second kappa shape index (κ2) is 4.18. The summed E-state index contributed by atoms with van der Waals surface area (Å²) in [7, 11) is 1.96. The van der Waals surface area contributed by atoms with E-state index in [0.717, 1.165) is 16.6 Å². The highest BCUT2D eigenvalue weighted by Crippen LogP contribution is 2.17. The van der Waals surface area contributed by atoms with Crippen LogP contribution in [0.15, 0.2) is 37.2 Å². The smallest absolute Gasteiger partial charge is 0.243 e. The molecule has 0 aliphatic rings. The van der Waals surface area contributed by atoms with Crippen LogP contribution in [0.25, 0.3) is 11.0 Å². The van der Waals surface area contributed by atoms with Crippen LogP contribution in [0, 0.1) is 0 Å². The lowest BCUT2D eigenvalue weighted by Crippen LogP contribution is -2.19. The van der Waals surface area contributed by atoms with E-state index in [2.05, 4.69) is 16.9 Å². The zero-order valence-electron chi connectivity index (χ0n) is 9.10. The average molecular weight is 215 g/mol. The Morgan fingerprint density at radius 2 is 2.50 bits per heavy atom. The van der Waals surface area contributed by atoms with Crippen LogP contribution in [0.5, 0.6) is 0 Å². The molecule has 2 heterocycles. The number of fused-ring (bicyclic) bond motifs is 1. The molecule has 1 amide bonds. The standard InChI is InChI=1S/C12H13N3O/c1-3-11(16)14-7-9-8-15(2)10-5-4-6-13-12(9)10/h3-6,8H,1,7H2,2H3,(H,14,16). The molecule has 1 N–H and O–H groups in total. The van der Waals surface area contributed by atoms with Crippen molar-refractivity contribution in [2.45, 2.75) is 6.54 Å². The van der Waals surface area contributed by atoms with E-state index in [4.69, 9.17) is 0 Å². The first-order valence-electron chi connectivity index (χ1n) is 5.01. The number of hydrogen-bond acceptors (Lipinski definition) is 2. The topological polar surface area (TPSA) is 46.9 Å². The van der Waals surface area contributed by atoms with Gasteiger partial charge in [-0.1, -0.05) is 6.58 Å². The molecule has 2 aromatic rings. The minimum Gasteiger partial charge on any atom is -0.349 e. The predicted octanol–water partition coefficient (Wildman–Crippen LogP) is 1.38. The molecule has 0 saturated heterocycles.